The van der Waals surface area contributed by atoms with Gasteiger partial charge in [0.1, 0.15) is 0 Å². The monoisotopic (exact) mass is 254 g/mol. The van der Waals surface area contributed by atoms with Gasteiger partial charge in [-0.25, -0.2) is 0 Å². The number of carboxylic acid groups (broad SMARTS) is 1. The molecule has 2 atom stereocenters. The van der Waals surface area contributed by atoms with Crippen LogP contribution in [0.3, 0.4) is 0 Å². The van der Waals surface area contributed by atoms with Gasteiger partial charge >= 0.3 is 5.97 Å². The highest BCUT2D eigenvalue weighted by Gasteiger charge is 2.36. The van der Waals surface area contributed by atoms with Crippen molar-refractivity contribution >= 4 is 11.9 Å². The van der Waals surface area contributed by atoms with Crippen LogP contribution < -0.4 is 11.1 Å². The van der Waals surface area contributed by atoms with Gasteiger partial charge in [-0.2, -0.15) is 0 Å². The maximum absolute atomic E-state index is 11.7. The normalized spacial score (nSPS) is 29.6. The van der Waals surface area contributed by atoms with E-state index in [4.69, 9.17) is 10.8 Å². The molecule has 4 N–H and O–H groups in total. The summed E-state index contributed by atoms with van der Waals surface area (Å²) >= 11 is 0. The van der Waals surface area contributed by atoms with Crippen LogP contribution in [-0.2, 0) is 9.59 Å². The molecule has 2 saturated carbocycles. The van der Waals surface area contributed by atoms with E-state index in [9.17, 15) is 9.59 Å². The predicted octanol–water partition coefficient (Wildman–Crippen LogP) is 0.875. The van der Waals surface area contributed by atoms with Crippen LogP contribution in [0.1, 0.15) is 44.9 Å². The number of rotatable bonds is 5. The highest BCUT2D eigenvalue weighted by molar-refractivity contribution is 5.77. The average molecular weight is 254 g/mol. The van der Waals surface area contributed by atoms with E-state index in [1.165, 1.54) is 0 Å². The Morgan fingerprint density at radius 3 is 2.56 bits per heavy atom. The van der Waals surface area contributed by atoms with Crippen LogP contribution in [0.15, 0.2) is 0 Å². The molecule has 2 rings (SSSR count). The van der Waals surface area contributed by atoms with E-state index in [2.05, 4.69) is 5.32 Å². The second-order valence-electron chi connectivity index (χ2n) is 5.83. The van der Waals surface area contributed by atoms with Gasteiger partial charge in [0.2, 0.25) is 5.91 Å². The molecule has 2 aliphatic carbocycles. The van der Waals surface area contributed by atoms with Crippen molar-refractivity contribution in [3.63, 3.8) is 0 Å². The lowest BCUT2D eigenvalue weighted by Crippen LogP contribution is -2.50. The minimum absolute atomic E-state index is 0.0340. The zero-order chi connectivity index (χ0) is 13.2. The molecule has 0 spiro atoms. The summed E-state index contributed by atoms with van der Waals surface area (Å²) in [6.07, 6.45) is 5.88. The molecule has 5 nitrogen and oxygen atoms in total. The predicted molar refractivity (Wildman–Crippen MR) is 66.9 cm³/mol. The average Bonchev–Trinajstić information content (AvgIpc) is 2.72. The fourth-order valence-corrected chi connectivity index (χ4v) is 3.04. The van der Waals surface area contributed by atoms with E-state index < -0.39 is 5.97 Å². The summed E-state index contributed by atoms with van der Waals surface area (Å²) in [4.78, 5) is 22.8. The van der Waals surface area contributed by atoms with Crippen LogP contribution in [-0.4, -0.2) is 29.1 Å². The van der Waals surface area contributed by atoms with Crippen molar-refractivity contribution in [2.75, 3.05) is 6.54 Å². The summed E-state index contributed by atoms with van der Waals surface area (Å²) in [6.45, 7) is 0.478. The largest absolute Gasteiger partial charge is 0.481 e. The van der Waals surface area contributed by atoms with Crippen molar-refractivity contribution in [2.24, 2.45) is 17.6 Å². The van der Waals surface area contributed by atoms with Gasteiger partial charge in [-0.05, 0) is 38.0 Å². The summed E-state index contributed by atoms with van der Waals surface area (Å²) in [5.41, 5.74) is 5.71. The van der Waals surface area contributed by atoms with Gasteiger partial charge in [-0.15, -0.1) is 0 Å². The van der Waals surface area contributed by atoms with Crippen LogP contribution in [0.5, 0.6) is 0 Å². The number of aliphatic carboxylic acids is 1. The first-order valence-corrected chi connectivity index (χ1v) is 6.79. The Kier molecular flexibility index (Phi) is 3.90. The van der Waals surface area contributed by atoms with Crippen molar-refractivity contribution in [1.82, 2.24) is 5.32 Å². The first kappa shape index (κ1) is 13.3. The number of hydrogen-bond donors (Lipinski definition) is 3. The number of carbonyl (C=O) groups excluding carboxylic acids is 1. The van der Waals surface area contributed by atoms with Crippen molar-refractivity contribution in [2.45, 2.75) is 50.5 Å². The number of nitrogens with one attached hydrogen (secondary N) is 1. The number of amides is 1. The lowest BCUT2D eigenvalue weighted by molar-refractivity contribution is -0.143. The van der Waals surface area contributed by atoms with Crippen LogP contribution in [0.25, 0.3) is 0 Å². The maximum atomic E-state index is 11.7. The Bertz CT molecular complexity index is 339. The molecule has 0 bridgehead atoms. The van der Waals surface area contributed by atoms with Crippen molar-refractivity contribution in [3.05, 3.63) is 0 Å². The molecule has 1 amide bonds. The van der Waals surface area contributed by atoms with E-state index in [-0.39, 0.29) is 23.3 Å². The smallest absolute Gasteiger partial charge is 0.306 e. The van der Waals surface area contributed by atoms with Crippen molar-refractivity contribution in [3.8, 4) is 0 Å². The molecule has 102 valence electrons. The third kappa shape index (κ3) is 3.02. The minimum atomic E-state index is -0.735. The van der Waals surface area contributed by atoms with E-state index >= 15 is 0 Å². The molecule has 0 aromatic heterocycles. The van der Waals surface area contributed by atoms with Crippen LogP contribution >= 0.6 is 0 Å². The lowest BCUT2D eigenvalue weighted by Gasteiger charge is -2.37. The number of carbonyl (C=O) groups is 2. The molecule has 2 fully saturated rings. The van der Waals surface area contributed by atoms with E-state index in [0.29, 0.717) is 13.0 Å². The zero-order valence-corrected chi connectivity index (χ0v) is 10.7. The zero-order valence-electron chi connectivity index (χ0n) is 10.7. The third-order valence-corrected chi connectivity index (χ3v) is 4.40. The minimum Gasteiger partial charge on any atom is -0.481 e. The van der Waals surface area contributed by atoms with Gasteiger partial charge < -0.3 is 16.2 Å². The molecule has 18 heavy (non-hydrogen) atoms. The Morgan fingerprint density at radius 1 is 1.28 bits per heavy atom. The molecule has 2 unspecified atom stereocenters. The molecular formula is C13H22N2O3. The van der Waals surface area contributed by atoms with Gasteiger partial charge in [-0.3, -0.25) is 9.59 Å². The highest BCUT2D eigenvalue weighted by Crippen LogP contribution is 2.33. The SMILES string of the molecule is NC1(CC(=O)NCC2CCCC2C(=O)O)CCC1. The summed E-state index contributed by atoms with van der Waals surface area (Å²) in [5.74, 6) is -0.975. The molecule has 0 heterocycles. The van der Waals surface area contributed by atoms with Crippen LogP contribution in [0.4, 0.5) is 0 Å². The van der Waals surface area contributed by atoms with E-state index in [0.717, 1.165) is 38.5 Å². The number of hydrogen-bond acceptors (Lipinski definition) is 3. The fourth-order valence-electron chi connectivity index (χ4n) is 3.04. The van der Waals surface area contributed by atoms with Crippen molar-refractivity contribution in [1.29, 1.82) is 0 Å². The molecule has 5 heteroatoms. The van der Waals surface area contributed by atoms with Gasteiger partial charge in [0, 0.05) is 18.5 Å². The highest BCUT2D eigenvalue weighted by atomic mass is 16.4. The standard InChI is InChI=1S/C13H22N2O3/c14-13(5-2-6-13)7-11(16)15-8-9-3-1-4-10(9)12(17)18/h9-10H,1-8,14H2,(H,15,16)(H,17,18). The van der Waals surface area contributed by atoms with Crippen LogP contribution in [0.2, 0.25) is 0 Å². The molecule has 0 radical (unpaired) electrons. The molecule has 0 saturated heterocycles. The van der Waals surface area contributed by atoms with Crippen LogP contribution in [0, 0.1) is 11.8 Å². The Labute approximate surface area is 107 Å². The number of carboxylic acids is 1. The second kappa shape index (κ2) is 5.26. The van der Waals surface area contributed by atoms with Crippen molar-refractivity contribution < 1.29 is 14.7 Å². The lowest BCUT2D eigenvalue weighted by atomic mass is 9.75. The Hall–Kier alpha value is -1.10. The first-order chi connectivity index (χ1) is 8.50. The molecule has 0 aromatic carbocycles. The molecular weight excluding hydrogens is 232 g/mol. The molecule has 2 aliphatic rings. The fraction of sp³-hybridized carbons (Fsp3) is 0.846. The molecule has 0 aliphatic heterocycles. The Morgan fingerprint density at radius 2 is 2.00 bits per heavy atom. The summed E-state index contributed by atoms with van der Waals surface area (Å²) < 4.78 is 0. The van der Waals surface area contributed by atoms with E-state index in [1.54, 1.807) is 0 Å². The van der Waals surface area contributed by atoms with Gasteiger partial charge in [-0.1, -0.05) is 6.42 Å². The maximum Gasteiger partial charge on any atom is 0.306 e. The van der Waals surface area contributed by atoms with Gasteiger partial charge in [0.05, 0.1) is 5.92 Å². The number of nitrogens with two attached hydrogens (primary N) is 1. The first-order valence-electron chi connectivity index (χ1n) is 6.79. The summed E-state index contributed by atoms with van der Waals surface area (Å²) in [5, 5.41) is 11.9. The second-order valence-corrected chi connectivity index (χ2v) is 5.83. The van der Waals surface area contributed by atoms with E-state index in [1.807, 2.05) is 0 Å². The quantitative estimate of drug-likeness (QED) is 0.679. The summed E-state index contributed by atoms with van der Waals surface area (Å²) in [7, 11) is 0. The third-order valence-electron chi connectivity index (χ3n) is 4.40. The molecule has 0 aromatic rings. The Balaban J connectivity index is 1.73. The van der Waals surface area contributed by atoms with Gasteiger partial charge in [0.25, 0.3) is 0 Å². The summed E-state index contributed by atoms with van der Waals surface area (Å²) in [6, 6.07) is 0. The van der Waals surface area contributed by atoms with Gasteiger partial charge in [0.15, 0.2) is 0 Å². The topological polar surface area (TPSA) is 92.4 Å².